The van der Waals surface area contributed by atoms with Crippen LogP contribution >= 0.6 is 22.7 Å². The van der Waals surface area contributed by atoms with Gasteiger partial charge in [0.25, 0.3) is 0 Å². The molecule has 0 bridgehead atoms. The molecule has 5 rings (SSSR count). The molecule has 1 aliphatic carbocycles. The second kappa shape index (κ2) is 12.2. The zero-order chi connectivity index (χ0) is 27.2. The average Bonchev–Trinajstić information content (AvgIpc) is 3.71. The van der Waals surface area contributed by atoms with Crippen LogP contribution in [0.3, 0.4) is 0 Å². The normalized spacial score (nSPS) is 16.6. The number of carbonyl (C=O) groups is 2. The third-order valence-corrected chi connectivity index (χ3v) is 8.25. The van der Waals surface area contributed by atoms with Crippen LogP contribution in [0, 0.1) is 0 Å². The van der Waals surface area contributed by atoms with Crippen LogP contribution in [0.5, 0.6) is 11.8 Å². The molecule has 1 fully saturated rings. The smallest absolute Gasteiger partial charge is 0.230 e. The number of rotatable bonds is 10. The van der Waals surface area contributed by atoms with Gasteiger partial charge in [-0.1, -0.05) is 34.8 Å². The number of carbonyl (C=O) groups excluding carboxylic acids is 2. The Morgan fingerprint density at radius 1 is 0.769 bits per heavy atom. The number of amides is 2. The third-order valence-electron chi connectivity index (χ3n) is 6.25. The summed E-state index contributed by atoms with van der Waals surface area (Å²) in [5.41, 5.74) is 1.56. The highest BCUT2D eigenvalue weighted by Gasteiger charge is 2.32. The van der Waals surface area contributed by atoms with Gasteiger partial charge in [0.1, 0.15) is 10.0 Å². The first-order valence-electron chi connectivity index (χ1n) is 12.2. The maximum atomic E-state index is 12.4. The number of nitrogens with zero attached hydrogens (tertiary/aromatic N) is 6. The fourth-order valence-electron chi connectivity index (χ4n) is 4.30. The lowest BCUT2D eigenvalue weighted by atomic mass is 10.1. The minimum Gasteiger partial charge on any atom is -0.481 e. The summed E-state index contributed by atoms with van der Waals surface area (Å²) < 4.78 is 10.1. The fraction of sp³-hybridized carbons (Fsp3) is 0.360. The minimum absolute atomic E-state index is 0.180. The van der Waals surface area contributed by atoms with E-state index in [1.54, 1.807) is 50.9 Å². The summed E-state index contributed by atoms with van der Waals surface area (Å²) in [6, 6.07) is 7.05. The van der Waals surface area contributed by atoms with Gasteiger partial charge in [-0.05, 0) is 30.4 Å². The number of ether oxygens (including phenoxy) is 2. The van der Waals surface area contributed by atoms with Crippen LogP contribution in [-0.4, -0.2) is 56.4 Å². The minimum atomic E-state index is -0.180. The van der Waals surface area contributed by atoms with Crippen LogP contribution < -0.4 is 20.1 Å². The Hall–Kier alpha value is -4.04. The van der Waals surface area contributed by atoms with Crippen LogP contribution in [0.2, 0.25) is 0 Å². The number of hydrogen-bond donors (Lipinski definition) is 2. The molecule has 39 heavy (non-hydrogen) atoms. The van der Waals surface area contributed by atoms with E-state index in [1.807, 2.05) is 0 Å². The van der Waals surface area contributed by atoms with Crippen molar-refractivity contribution in [1.29, 1.82) is 0 Å². The molecule has 0 unspecified atom stereocenters. The monoisotopic (exact) mass is 566 g/mol. The second-order valence-corrected chi connectivity index (χ2v) is 11.0. The Morgan fingerprint density at radius 3 is 1.62 bits per heavy atom. The standard InChI is InChI=1S/C25H26N8O4S2/c1-36-20-7-3-14(12-26-20)9-18(34)28-24-32-30-22(38-24)16-5-6-17(11-16)23-31-33-25(39-23)29-19(35)10-15-4-8-21(37-2)27-13-15/h3-4,7-8,12-13,16-17H,5-6,9-11H2,1-2H3,(H,28,32,34)(H,29,33,35)/t16-,17-/m0/s1. The molecule has 1 aliphatic rings. The molecule has 2 amide bonds. The molecule has 4 heterocycles. The maximum Gasteiger partial charge on any atom is 0.230 e. The van der Waals surface area contributed by atoms with Crippen molar-refractivity contribution in [1.82, 2.24) is 30.4 Å². The molecule has 0 saturated heterocycles. The van der Waals surface area contributed by atoms with E-state index in [0.717, 1.165) is 40.4 Å². The van der Waals surface area contributed by atoms with Gasteiger partial charge in [0.2, 0.25) is 33.8 Å². The Labute approximate surface area is 232 Å². The SMILES string of the molecule is COc1ccc(CC(=O)Nc2nnc([C@H]3CC[C@H](c4nnc(NC(=O)Cc5ccc(OC)nc5)s4)C3)s2)cn1. The number of aromatic nitrogens is 6. The van der Waals surface area contributed by atoms with Gasteiger partial charge in [-0.2, -0.15) is 0 Å². The maximum absolute atomic E-state index is 12.4. The Balaban J connectivity index is 1.11. The molecule has 14 heteroatoms. The molecule has 2 N–H and O–H groups in total. The zero-order valence-corrected chi connectivity index (χ0v) is 22.9. The first-order valence-corrected chi connectivity index (χ1v) is 13.9. The van der Waals surface area contributed by atoms with Gasteiger partial charge in [-0.25, -0.2) is 9.97 Å². The van der Waals surface area contributed by atoms with Gasteiger partial charge >= 0.3 is 0 Å². The number of pyridine rings is 2. The van der Waals surface area contributed by atoms with Gasteiger partial charge in [0.05, 0.1) is 27.1 Å². The van der Waals surface area contributed by atoms with E-state index in [4.69, 9.17) is 9.47 Å². The van der Waals surface area contributed by atoms with Crippen LogP contribution in [0.4, 0.5) is 10.3 Å². The van der Waals surface area contributed by atoms with E-state index in [-0.39, 0.29) is 36.5 Å². The van der Waals surface area contributed by atoms with E-state index in [9.17, 15) is 9.59 Å². The predicted octanol–water partition coefficient (Wildman–Crippen LogP) is 3.61. The molecule has 2 atom stereocenters. The van der Waals surface area contributed by atoms with Gasteiger partial charge in [-0.3, -0.25) is 9.59 Å². The van der Waals surface area contributed by atoms with Crippen molar-refractivity contribution in [2.75, 3.05) is 24.9 Å². The number of hydrogen-bond acceptors (Lipinski definition) is 12. The van der Waals surface area contributed by atoms with Crippen LogP contribution in [0.1, 0.15) is 52.2 Å². The molecule has 1 saturated carbocycles. The van der Waals surface area contributed by atoms with Crippen molar-refractivity contribution in [2.24, 2.45) is 0 Å². The molecule has 4 aromatic rings. The van der Waals surface area contributed by atoms with E-state index < -0.39 is 0 Å². The van der Waals surface area contributed by atoms with E-state index in [1.165, 1.54) is 22.7 Å². The number of methoxy groups -OCH3 is 2. The molecule has 0 spiro atoms. The number of anilines is 2. The first-order chi connectivity index (χ1) is 19.0. The largest absolute Gasteiger partial charge is 0.481 e. The van der Waals surface area contributed by atoms with E-state index in [0.29, 0.717) is 22.0 Å². The highest BCUT2D eigenvalue weighted by Crippen LogP contribution is 2.45. The molecule has 0 aromatic carbocycles. The summed E-state index contributed by atoms with van der Waals surface area (Å²) in [5, 5.41) is 25.4. The fourth-order valence-corrected chi connectivity index (χ4v) is 6.11. The van der Waals surface area contributed by atoms with Gasteiger partial charge in [0, 0.05) is 36.4 Å². The summed E-state index contributed by atoms with van der Waals surface area (Å²) >= 11 is 2.79. The summed E-state index contributed by atoms with van der Waals surface area (Å²) in [5.74, 6) is 1.10. The van der Waals surface area contributed by atoms with Crippen LogP contribution in [-0.2, 0) is 22.4 Å². The molecule has 0 aliphatic heterocycles. The highest BCUT2D eigenvalue weighted by molar-refractivity contribution is 7.15. The quantitative estimate of drug-likeness (QED) is 0.291. The lowest BCUT2D eigenvalue weighted by molar-refractivity contribution is -0.116. The van der Waals surface area contributed by atoms with E-state index >= 15 is 0 Å². The number of nitrogens with one attached hydrogen (secondary N) is 2. The topological polar surface area (TPSA) is 154 Å². The highest BCUT2D eigenvalue weighted by atomic mass is 32.1. The van der Waals surface area contributed by atoms with Crippen molar-refractivity contribution >= 4 is 44.8 Å². The van der Waals surface area contributed by atoms with Crippen molar-refractivity contribution in [2.45, 2.75) is 43.9 Å². The van der Waals surface area contributed by atoms with Gasteiger partial charge in [-0.15, -0.1) is 20.4 Å². The van der Waals surface area contributed by atoms with Crippen molar-refractivity contribution in [3.8, 4) is 11.8 Å². The van der Waals surface area contributed by atoms with Crippen LogP contribution in [0.15, 0.2) is 36.7 Å². The molecular weight excluding hydrogens is 540 g/mol. The lowest BCUT2D eigenvalue weighted by Gasteiger charge is -2.05. The Morgan fingerprint density at radius 2 is 1.23 bits per heavy atom. The summed E-state index contributed by atoms with van der Waals surface area (Å²) in [4.78, 5) is 33.1. The molecule has 0 radical (unpaired) electrons. The Bertz CT molecular complexity index is 1320. The summed E-state index contributed by atoms with van der Waals surface area (Å²) in [7, 11) is 3.09. The molecule has 4 aromatic heterocycles. The Kier molecular flexibility index (Phi) is 8.32. The third kappa shape index (κ3) is 6.89. The van der Waals surface area contributed by atoms with Crippen molar-refractivity contribution < 1.29 is 19.1 Å². The second-order valence-electron chi connectivity index (χ2n) is 8.97. The average molecular weight is 567 g/mol. The van der Waals surface area contributed by atoms with Crippen LogP contribution in [0.25, 0.3) is 0 Å². The van der Waals surface area contributed by atoms with E-state index in [2.05, 4.69) is 41.0 Å². The predicted molar refractivity (Wildman–Crippen MR) is 145 cm³/mol. The molecular formula is C25H26N8O4S2. The zero-order valence-electron chi connectivity index (χ0n) is 21.3. The van der Waals surface area contributed by atoms with Crippen molar-refractivity contribution in [3.05, 3.63) is 57.8 Å². The molecule has 202 valence electrons. The van der Waals surface area contributed by atoms with Crippen molar-refractivity contribution in [3.63, 3.8) is 0 Å². The van der Waals surface area contributed by atoms with Gasteiger partial charge in [0.15, 0.2) is 0 Å². The molecule has 12 nitrogen and oxygen atoms in total. The van der Waals surface area contributed by atoms with Gasteiger partial charge < -0.3 is 20.1 Å². The lowest BCUT2D eigenvalue weighted by Crippen LogP contribution is -2.14. The first kappa shape index (κ1) is 26.6. The summed E-state index contributed by atoms with van der Waals surface area (Å²) in [6.45, 7) is 0. The summed E-state index contributed by atoms with van der Waals surface area (Å²) in [6.07, 6.45) is 6.35.